The van der Waals surface area contributed by atoms with Crippen molar-refractivity contribution in [2.75, 3.05) is 5.32 Å². The Morgan fingerprint density at radius 2 is 2.11 bits per heavy atom. The fraction of sp³-hybridized carbons (Fsp3) is 0. The molecule has 0 spiro atoms. The molecule has 0 aliphatic rings. The lowest BCUT2D eigenvalue weighted by atomic mass is 10.2. The molecule has 0 radical (unpaired) electrons. The van der Waals surface area contributed by atoms with Crippen molar-refractivity contribution in [2.45, 2.75) is 0 Å². The zero-order valence-corrected chi connectivity index (χ0v) is 10.7. The Labute approximate surface area is 114 Å². The number of thiocarbonyl (C=S) groups is 1. The molecule has 1 heterocycles. The van der Waals surface area contributed by atoms with Crippen LogP contribution in [0.4, 0.5) is 15.9 Å². The predicted molar refractivity (Wildman–Crippen MR) is 74.8 cm³/mol. The Kier molecular flexibility index (Phi) is 3.74. The molecule has 18 heavy (non-hydrogen) atoms. The lowest BCUT2D eigenvalue weighted by Crippen LogP contribution is -2.09. The van der Waals surface area contributed by atoms with Crippen molar-refractivity contribution < 1.29 is 4.39 Å². The number of hydrogen-bond acceptors (Lipinski definition) is 3. The standard InChI is InChI=1S/C12H9ClFN3S/c13-9-2-1-8(14)6-10(9)17-11-5-7(12(15)18)3-4-16-11/h1-6H,(H2,15,18)(H,16,17). The van der Waals surface area contributed by atoms with E-state index in [1.165, 1.54) is 18.2 Å². The van der Waals surface area contributed by atoms with Crippen molar-refractivity contribution >= 4 is 40.3 Å². The van der Waals surface area contributed by atoms with Gasteiger partial charge in [-0.25, -0.2) is 9.37 Å². The molecule has 0 bridgehead atoms. The van der Waals surface area contributed by atoms with Crippen LogP contribution in [-0.2, 0) is 0 Å². The van der Waals surface area contributed by atoms with Crippen molar-refractivity contribution in [3.05, 3.63) is 52.9 Å². The van der Waals surface area contributed by atoms with E-state index >= 15 is 0 Å². The first-order chi connectivity index (χ1) is 8.56. The van der Waals surface area contributed by atoms with Gasteiger partial charge in [0.2, 0.25) is 0 Å². The number of nitrogens with two attached hydrogens (primary N) is 1. The highest BCUT2D eigenvalue weighted by molar-refractivity contribution is 7.80. The number of halogens is 2. The molecular weight excluding hydrogens is 273 g/mol. The third-order valence-corrected chi connectivity index (χ3v) is 2.80. The van der Waals surface area contributed by atoms with Crippen LogP contribution in [0.15, 0.2) is 36.5 Å². The van der Waals surface area contributed by atoms with E-state index in [1.807, 2.05) is 0 Å². The van der Waals surface area contributed by atoms with E-state index in [4.69, 9.17) is 29.6 Å². The van der Waals surface area contributed by atoms with E-state index in [2.05, 4.69) is 10.3 Å². The molecule has 0 unspecified atom stereocenters. The summed E-state index contributed by atoms with van der Waals surface area (Å²) in [7, 11) is 0. The van der Waals surface area contributed by atoms with E-state index in [0.717, 1.165) is 0 Å². The number of pyridine rings is 1. The van der Waals surface area contributed by atoms with Crippen LogP contribution in [-0.4, -0.2) is 9.97 Å². The van der Waals surface area contributed by atoms with Crippen LogP contribution in [0.25, 0.3) is 0 Å². The van der Waals surface area contributed by atoms with E-state index < -0.39 is 0 Å². The number of aromatic nitrogens is 1. The summed E-state index contributed by atoms with van der Waals surface area (Å²) in [5.41, 5.74) is 6.63. The SMILES string of the molecule is NC(=S)c1ccnc(Nc2cc(F)ccc2Cl)c1. The number of hydrogen-bond donors (Lipinski definition) is 2. The Hall–Kier alpha value is -1.72. The summed E-state index contributed by atoms with van der Waals surface area (Å²) in [6.07, 6.45) is 1.56. The van der Waals surface area contributed by atoms with E-state index in [1.54, 1.807) is 18.3 Å². The Morgan fingerprint density at radius 3 is 2.83 bits per heavy atom. The van der Waals surface area contributed by atoms with Gasteiger partial charge in [0.05, 0.1) is 10.7 Å². The molecule has 0 aliphatic heterocycles. The van der Waals surface area contributed by atoms with Crippen molar-refractivity contribution in [3.8, 4) is 0 Å². The zero-order chi connectivity index (χ0) is 13.1. The highest BCUT2D eigenvalue weighted by Crippen LogP contribution is 2.25. The summed E-state index contributed by atoms with van der Waals surface area (Å²) in [5.74, 6) is 0.111. The fourth-order valence-corrected chi connectivity index (χ4v) is 1.68. The number of benzene rings is 1. The fourth-order valence-electron chi connectivity index (χ4n) is 1.38. The highest BCUT2D eigenvalue weighted by atomic mass is 35.5. The molecule has 0 amide bonds. The Bertz CT molecular complexity index is 604. The summed E-state index contributed by atoms with van der Waals surface area (Å²) in [5, 5.41) is 3.31. The van der Waals surface area contributed by atoms with Gasteiger partial charge in [0.25, 0.3) is 0 Å². The van der Waals surface area contributed by atoms with Gasteiger partial charge in [-0.1, -0.05) is 23.8 Å². The minimum absolute atomic E-state index is 0.269. The maximum atomic E-state index is 13.1. The number of rotatable bonds is 3. The van der Waals surface area contributed by atoms with Crippen LogP contribution in [0.5, 0.6) is 0 Å². The van der Waals surface area contributed by atoms with Gasteiger partial charge >= 0.3 is 0 Å². The van der Waals surface area contributed by atoms with E-state index in [0.29, 0.717) is 22.1 Å². The molecule has 92 valence electrons. The summed E-state index contributed by atoms with van der Waals surface area (Å²) in [6.45, 7) is 0. The second-order valence-corrected chi connectivity index (χ2v) is 4.39. The van der Waals surface area contributed by atoms with E-state index in [9.17, 15) is 4.39 Å². The van der Waals surface area contributed by atoms with Gasteiger partial charge < -0.3 is 11.1 Å². The third kappa shape index (κ3) is 2.94. The second-order valence-electron chi connectivity index (χ2n) is 3.54. The smallest absolute Gasteiger partial charge is 0.131 e. The minimum Gasteiger partial charge on any atom is -0.389 e. The van der Waals surface area contributed by atoms with Crippen LogP contribution < -0.4 is 11.1 Å². The molecule has 0 saturated heterocycles. The molecule has 0 aliphatic carbocycles. The molecule has 1 aromatic carbocycles. The molecule has 3 N–H and O–H groups in total. The van der Waals surface area contributed by atoms with Gasteiger partial charge in [0.15, 0.2) is 0 Å². The molecule has 0 fully saturated rings. The van der Waals surface area contributed by atoms with Crippen LogP contribution >= 0.6 is 23.8 Å². The molecule has 2 rings (SSSR count). The summed E-state index contributed by atoms with van der Waals surface area (Å²) in [6, 6.07) is 7.41. The largest absolute Gasteiger partial charge is 0.389 e. The quantitative estimate of drug-likeness (QED) is 0.848. The summed E-state index contributed by atoms with van der Waals surface area (Å²) in [4.78, 5) is 4.35. The van der Waals surface area contributed by atoms with Crippen LogP contribution in [0.1, 0.15) is 5.56 Å². The first-order valence-corrected chi connectivity index (χ1v) is 5.83. The zero-order valence-electron chi connectivity index (χ0n) is 9.15. The average Bonchev–Trinajstić information content (AvgIpc) is 2.34. The van der Waals surface area contributed by atoms with Gasteiger partial charge in [-0.15, -0.1) is 0 Å². The van der Waals surface area contributed by atoms with Crippen LogP contribution in [0, 0.1) is 5.82 Å². The monoisotopic (exact) mass is 281 g/mol. The maximum Gasteiger partial charge on any atom is 0.131 e. The molecular formula is C12H9ClFN3S. The minimum atomic E-state index is -0.382. The normalized spacial score (nSPS) is 10.1. The van der Waals surface area contributed by atoms with Crippen molar-refractivity contribution in [1.29, 1.82) is 0 Å². The second kappa shape index (κ2) is 5.29. The van der Waals surface area contributed by atoms with Crippen molar-refractivity contribution in [3.63, 3.8) is 0 Å². The maximum absolute atomic E-state index is 13.1. The number of anilines is 2. The van der Waals surface area contributed by atoms with Gasteiger partial charge in [-0.3, -0.25) is 0 Å². The molecule has 1 aromatic heterocycles. The molecule has 3 nitrogen and oxygen atoms in total. The molecule has 0 atom stereocenters. The number of nitrogens with zero attached hydrogens (tertiary/aromatic N) is 1. The molecule has 0 saturated carbocycles. The summed E-state index contributed by atoms with van der Waals surface area (Å²) >= 11 is 10.8. The Balaban J connectivity index is 2.31. The third-order valence-electron chi connectivity index (χ3n) is 2.24. The van der Waals surface area contributed by atoms with Gasteiger partial charge in [0, 0.05) is 11.8 Å². The highest BCUT2D eigenvalue weighted by Gasteiger charge is 2.04. The van der Waals surface area contributed by atoms with Crippen LogP contribution in [0.2, 0.25) is 5.02 Å². The van der Waals surface area contributed by atoms with Crippen molar-refractivity contribution in [2.24, 2.45) is 5.73 Å². The lowest BCUT2D eigenvalue weighted by molar-refractivity contribution is 0.628. The molecule has 2 aromatic rings. The van der Waals surface area contributed by atoms with E-state index in [-0.39, 0.29) is 10.8 Å². The van der Waals surface area contributed by atoms with Crippen LogP contribution in [0.3, 0.4) is 0 Å². The molecule has 6 heteroatoms. The first-order valence-electron chi connectivity index (χ1n) is 5.04. The van der Waals surface area contributed by atoms with Crippen molar-refractivity contribution in [1.82, 2.24) is 4.98 Å². The van der Waals surface area contributed by atoms with Gasteiger partial charge in [0.1, 0.15) is 16.6 Å². The van der Waals surface area contributed by atoms with Gasteiger partial charge in [-0.05, 0) is 30.3 Å². The lowest BCUT2D eigenvalue weighted by Gasteiger charge is -2.08. The summed E-state index contributed by atoms with van der Waals surface area (Å²) < 4.78 is 13.1. The van der Waals surface area contributed by atoms with Gasteiger partial charge in [-0.2, -0.15) is 0 Å². The Morgan fingerprint density at radius 1 is 1.33 bits per heavy atom. The predicted octanol–water partition coefficient (Wildman–Crippen LogP) is 3.25. The topological polar surface area (TPSA) is 50.9 Å². The average molecular weight is 282 g/mol. The number of nitrogens with one attached hydrogen (secondary N) is 1. The first kappa shape index (κ1) is 12.7.